The fraction of sp³-hybridized carbons (Fsp3) is 0.500. The Hall–Kier alpha value is -1.66. The van der Waals surface area contributed by atoms with Gasteiger partial charge in [0.15, 0.2) is 13.6 Å². The van der Waals surface area contributed by atoms with E-state index in [9.17, 15) is 0 Å². The van der Waals surface area contributed by atoms with Gasteiger partial charge in [0.05, 0.1) is 13.2 Å². The zero-order valence-electron chi connectivity index (χ0n) is 10.2. The van der Waals surface area contributed by atoms with E-state index in [1.807, 2.05) is 12.2 Å². The van der Waals surface area contributed by atoms with Crippen molar-refractivity contribution in [2.24, 2.45) is 0 Å². The minimum Gasteiger partial charge on any atom is -0.494 e. The van der Waals surface area contributed by atoms with Crippen molar-refractivity contribution in [3.8, 4) is 0 Å². The Morgan fingerprint density at radius 1 is 0.556 bits per heavy atom. The van der Waals surface area contributed by atoms with Gasteiger partial charge in [-0.05, 0) is 12.2 Å². The molecule has 0 bridgehead atoms. The maximum absolute atomic E-state index is 5.11. The van der Waals surface area contributed by atoms with Crippen molar-refractivity contribution >= 4 is 0 Å². The Labute approximate surface area is 106 Å². The van der Waals surface area contributed by atoms with Crippen LogP contribution in [0.4, 0.5) is 0 Å². The molecule has 6 nitrogen and oxygen atoms in total. The van der Waals surface area contributed by atoms with Crippen molar-refractivity contribution in [2.45, 2.75) is 0 Å². The van der Waals surface area contributed by atoms with Crippen LogP contribution in [0.3, 0.4) is 0 Å². The molecule has 1 aliphatic heterocycles. The molecule has 0 aromatic heterocycles. The summed E-state index contributed by atoms with van der Waals surface area (Å²) in [6, 6.07) is 0. The number of ether oxygens (including phenoxy) is 6. The van der Waals surface area contributed by atoms with Gasteiger partial charge in [-0.3, -0.25) is 0 Å². The van der Waals surface area contributed by atoms with Crippen LogP contribution in [0.2, 0.25) is 0 Å². The monoisotopic (exact) mass is 258 g/mol. The molecule has 0 aliphatic carbocycles. The summed E-state index contributed by atoms with van der Waals surface area (Å²) >= 11 is 0. The first kappa shape index (κ1) is 14.4. The Balaban J connectivity index is 2.19. The first-order chi connectivity index (χ1) is 9.00. The topological polar surface area (TPSA) is 55.4 Å². The van der Waals surface area contributed by atoms with E-state index in [1.165, 1.54) is 25.0 Å². The molecule has 0 fully saturated rings. The van der Waals surface area contributed by atoms with Gasteiger partial charge >= 0.3 is 0 Å². The summed E-state index contributed by atoms with van der Waals surface area (Å²) in [7, 11) is 0. The highest BCUT2D eigenvalue weighted by molar-refractivity contribution is 4.83. The first-order valence-electron chi connectivity index (χ1n) is 5.57. The van der Waals surface area contributed by atoms with Gasteiger partial charge < -0.3 is 28.4 Å². The van der Waals surface area contributed by atoms with E-state index < -0.39 is 0 Å². The highest BCUT2D eigenvalue weighted by Gasteiger charge is 1.88. The molecule has 0 aromatic carbocycles. The molecule has 18 heavy (non-hydrogen) atoms. The number of hydrogen-bond acceptors (Lipinski definition) is 6. The smallest absolute Gasteiger partial charge is 0.188 e. The second-order valence-electron chi connectivity index (χ2n) is 3.07. The first-order valence-corrected chi connectivity index (χ1v) is 5.57. The van der Waals surface area contributed by atoms with E-state index in [0.717, 1.165) is 0 Å². The standard InChI is InChI=1S/C12H18O6/c1-2-4-14-6-8-16-12-18-10-9-17-11-15-7-5-13-3-1/h1-2,5-8H,3-4,9-12H2/b2-1+,7-5+,8-6+. The van der Waals surface area contributed by atoms with Crippen molar-refractivity contribution in [1.82, 2.24) is 0 Å². The van der Waals surface area contributed by atoms with Crippen molar-refractivity contribution in [3.05, 3.63) is 37.2 Å². The number of rotatable bonds is 0. The van der Waals surface area contributed by atoms with E-state index in [1.54, 1.807) is 0 Å². The molecule has 0 radical (unpaired) electrons. The van der Waals surface area contributed by atoms with E-state index in [4.69, 9.17) is 28.4 Å². The van der Waals surface area contributed by atoms with Gasteiger partial charge in [-0.25, -0.2) is 0 Å². The summed E-state index contributed by atoms with van der Waals surface area (Å²) in [5, 5.41) is 0. The third-order valence-corrected chi connectivity index (χ3v) is 1.72. The van der Waals surface area contributed by atoms with Crippen LogP contribution >= 0.6 is 0 Å². The fourth-order valence-corrected chi connectivity index (χ4v) is 0.926. The van der Waals surface area contributed by atoms with Crippen LogP contribution in [-0.4, -0.2) is 40.0 Å². The second-order valence-corrected chi connectivity index (χ2v) is 3.07. The molecular weight excluding hydrogens is 240 g/mol. The predicted octanol–water partition coefficient (Wildman–Crippen LogP) is 1.51. The van der Waals surface area contributed by atoms with Gasteiger partial charge in [-0.15, -0.1) is 0 Å². The van der Waals surface area contributed by atoms with Crippen molar-refractivity contribution in [1.29, 1.82) is 0 Å². The molecule has 0 amide bonds. The largest absolute Gasteiger partial charge is 0.494 e. The molecule has 0 saturated heterocycles. The summed E-state index contributed by atoms with van der Waals surface area (Å²) in [4.78, 5) is 0. The summed E-state index contributed by atoms with van der Waals surface area (Å²) in [6.07, 6.45) is 9.45. The van der Waals surface area contributed by atoms with Gasteiger partial charge in [-0.1, -0.05) is 0 Å². The molecule has 0 saturated carbocycles. The van der Waals surface area contributed by atoms with E-state index >= 15 is 0 Å². The third-order valence-electron chi connectivity index (χ3n) is 1.72. The molecule has 6 heteroatoms. The van der Waals surface area contributed by atoms with Crippen molar-refractivity contribution in [2.75, 3.05) is 40.0 Å². The Morgan fingerprint density at radius 2 is 1.00 bits per heavy atom. The highest BCUT2D eigenvalue weighted by Crippen LogP contribution is 1.88. The molecule has 1 rings (SSSR count). The maximum Gasteiger partial charge on any atom is 0.188 e. The van der Waals surface area contributed by atoms with Gasteiger partial charge in [-0.2, -0.15) is 0 Å². The second kappa shape index (κ2) is 11.8. The molecule has 102 valence electrons. The van der Waals surface area contributed by atoms with Gasteiger partial charge in [0, 0.05) is 0 Å². The molecule has 1 heterocycles. The van der Waals surface area contributed by atoms with Gasteiger partial charge in [0.2, 0.25) is 0 Å². The lowest BCUT2D eigenvalue weighted by Gasteiger charge is -2.05. The lowest BCUT2D eigenvalue weighted by Crippen LogP contribution is -2.07. The quantitative estimate of drug-likeness (QED) is 0.614. The zero-order valence-corrected chi connectivity index (χ0v) is 10.2. The van der Waals surface area contributed by atoms with E-state index in [2.05, 4.69) is 0 Å². The molecule has 1 aliphatic rings. The normalized spacial score (nSPS) is 24.9. The van der Waals surface area contributed by atoms with E-state index in [0.29, 0.717) is 26.4 Å². The minimum atomic E-state index is 0.160. The van der Waals surface area contributed by atoms with Crippen LogP contribution in [0.5, 0.6) is 0 Å². The highest BCUT2D eigenvalue weighted by atomic mass is 16.7. The molecular formula is C12H18O6. The minimum absolute atomic E-state index is 0.160. The number of hydrogen-bond donors (Lipinski definition) is 0. The van der Waals surface area contributed by atoms with Crippen LogP contribution in [0.15, 0.2) is 37.2 Å². The van der Waals surface area contributed by atoms with Crippen LogP contribution in [0, 0.1) is 0 Å². The van der Waals surface area contributed by atoms with E-state index in [-0.39, 0.29) is 13.6 Å². The van der Waals surface area contributed by atoms with Crippen molar-refractivity contribution < 1.29 is 28.4 Å². The van der Waals surface area contributed by atoms with Crippen LogP contribution < -0.4 is 0 Å². The van der Waals surface area contributed by atoms with Gasteiger partial charge in [0.25, 0.3) is 0 Å². The van der Waals surface area contributed by atoms with Crippen LogP contribution in [0.25, 0.3) is 0 Å². The summed E-state index contributed by atoms with van der Waals surface area (Å²) in [5.74, 6) is 0. The average Bonchev–Trinajstić information content (AvgIpc) is 2.39. The zero-order chi connectivity index (χ0) is 12.7. The Kier molecular flexibility index (Phi) is 9.45. The summed E-state index contributed by atoms with van der Waals surface area (Å²) in [5.41, 5.74) is 0. The molecule has 0 spiro atoms. The van der Waals surface area contributed by atoms with Gasteiger partial charge in [0.1, 0.15) is 38.3 Å². The molecule has 0 atom stereocenters. The summed E-state index contributed by atoms with van der Waals surface area (Å²) in [6.45, 7) is 2.10. The van der Waals surface area contributed by atoms with Crippen LogP contribution in [-0.2, 0) is 28.4 Å². The van der Waals surface area contributed by atoms with Crippen LogP contribution in [0.1, 0.15) is 0 Å². The SMILES string of the molecule is C1=C/CO/C=C/OCOCCOCO/C=C/OC/1. The molecule has 0 unspecified atom stereocenters. The lowest BCUT2D eigenvalue weighted by atomic mass is 10.5. The molecule has 0 aromatic rings. The Morgan fingerprint density at radius 3 is 1.50 bits per heavy atom. The summed E-state index contributed by atoms with van der Waals surface area (Å²) < 4.78 is 30.5. The molecule has 0 N–H and O–H groups in total. The third kappa shape index (κ3) is 9.56. The Bertz CT molecular complexity index is 235. The fourth-order valence-electron chi connectivity index (χ4n) is 0.926. The maximum atomic E-state index is 5.11. The van der Waals surface area contributed by atoms with Crippen molar-refractivity contribution in [3.63, 3.8) is 0 Å². The average molecular weight is 258 g/mol. The lowest BCUT2D eigenvalue weighted by molar-refractivity contribution is -0.0680. The predicted molar refractivity (Wildman–Crippen MR) is 63.1 cm³/mol.